The van der Waals surface area contributed by atoms with E-state index in [9.17, 15) is 9.59 Å². The van der Waals surface area contributed by atoms with Crippen LogP contribution in [0.3, 0.4) is 0 Å². The van der Waals surface area contributed by atoms with Gasteiger partial charge in [0.15, 0.2) is 0 Å². The summed E-state index contributed by atoms with van der Waals surface area (Å²) in [5.41, 5.74) is 3.44. The summed E-state index contributed by atoms with van der Waals surface area (Å²) in [6, 6.07) is 16.4. The van der Waals surface area contributed by atoms with Crippen molar-refractivity contribution in [2.45, 2.75) is 13.3 Å². The predicted molar refractivity (Wildman–Crippen MR) is 107 cm³/mol. The maximum Gasteiger partial charge on any atom is 0.271 e. The number of hydrogen-bond acceptors (Lipinski definition) is 4. The summed E-state index contributed by atoms with van der Waals surface area (Å²) in [5, 5.41) is 9.15. The van der Waals surface area contributed by atoms with Crippen LogP contribution < -0.4 is 10.7 Å². The van der Waals surface area contributed by atoms with Crippen LogP contribution in [-0.2, 0) is 4.79 Å². The fourth-order valence-corrected chi connectivity index (χ4v) is 2.56. The maximum atomic E-state index is 12.3. The van der Waals surface area contributed by atoms with E-state index < -0.39 is 0 Å². The van der Waals surface area contributed by atoms with Gasteiger partial charge in [-0.05, 0) is 42.0 Å². The molecule has 2 N–H and O–H groups in total. The zero-order chi connectivity index (χ0) is 19.2. The molecule has 0 fully saturated rings. The molecule has 7 heteroatoms. The van der Waals surface area contributed by atoms with Crippen LogP contribution >= 0.6 is 11.6 Å². The number of amides is 2. The number of hydrazone groups is 1. The third-order valence-corrected chi connectivity index (χ3v) is 3.99. The molecule has 1 aromatic heterocycles. The fraction of sp³-hybridized carbons (Fsp3) is 0.100. The Balaban J connectivity index is 1.57. The molecule has 0 aliphatic heterocycles. The molecule has 0 atom stereocenters. The van der Waals surface area contributed by atoms with Gasteiger partial charge < -0.3 is 5.32 Å². The number of fused-ring (bicyclic) bond motifs is 1. The number of aromatic nitrogens is 1. The lowest BCUT2D eigenvalue weighted by molar-refractivity contribution is -0.115. The van der Waals surface area contributed by atoms with Gasteiger partial charge in [0.2, 0.25) is 5.91 Å². The van der Waals surface area contributed by atoms with Crippen LogP contribution in [0.15, 0.2) is 65.9 Å². The topological polar surface area (TPSA) is 83.4 Å². The Morgan fingerprint density at radius 2 is 1.85 bits per heavy atom. The third kappa shape index (κ3) is 5.12. The minimum Gasteiger partial charge on any atom is -0.310 e. The van der Waals surface area contributed by atoms with Crippen molar-refractivity contribution in [2.24, 2.45) is 5.10 Å². The zero-order valence-electron chi connectivity index (χ0n) is 14.6. The number of nitrogens with zero attached hydrogens (tertiary/aromatic N) is 2. The van der Waals surface area contributed by atoms with Crippen LogP contribution in [0.25, 0.3) is 10.8 Å². The molecule has 0 aliphatic carbocycles. The molecule has 1 heterocycles. The largest absolute Gasteiger partial charge is 0.310 e. The number of pyridine rings is 1. The number of anilines is 1. The van der Waals surface area contributed by atoms with E-state index >= 15 is 0 Å². The van der Waals surface area contributed by atoms with E-state index in [2.05, 4.69) is 20.8 Å². The average molecular weight is 381 g/mol. The first-order valence-electron chi connectivity index (χ1n) is 8.25. The van der Waals surface area contributed by atoms with Crippen molar-refractivity contribution in [3.05, 3.63) is 71.4 Å². The van der Waals surface area contributed by atoms with E-state index in [0.717, 1.165) is 10.8 Å². The standard InChI is InChI=1S/C20H17ClN4O2/c1-13(10-19(26)23-18-9-8-17(21)12-22-18)24-25-20(27)16-7-6-14-4-2-3-5-15(14)11-16/h2-9,11-12H,10H2,1H3,(H,25,27)(H,22,23,26). The highest BCUT2D eigenvalue weighted by Crippen LogP contribution is 2.15. The summed E-state index contributed by atoms with van der Waals surface area (Å²) in [6.07, 6.45) is 1.48. The quantitative estimate of drug-likeness (QED) is 0.518. The molecule has 2 aromatic carbocycles. The van der Waals surface area contributed by atoms with Crippen molar-refractivity contribution in [2.75, 3.05) is 5.32 Å². The van der Waals surface area contributed by atoms with Crippen LogP contribution in [0.1, 0.15) is 23.7 Å². The Morgan fingerprint density at radius 3 is 2.59 bits per heavy atom. The second-order valence-corrected chi connectivity index (χ2v) is 6.37. The van der Waals surface area contributed by atoms with E-state index in [1.54, 1.807) is 31.2 Å². The van der Waals surface area contributed by atoms with E-state index in [-0.39, 0.29) is 18.2 Å². The Bertz CT molecular complexity index is 1020. The molecule has 0 radical (unpaired) electrons. The molecule has 2 amide bonds. The number of halogens is 1. The smallest absolute Gasteiger partial charge is 0.271 e. The number of benzene rings is 2. The predicted octanol–water partition coefficient (Wildman–Crippen LogP) is 4.02. The molecule has 0 aliphatic rings. The number of rotatable bonds is 5. The zero-order valence-corrected chi connectivity index (χ0v) is 15.3. The van der Waals surface area contributed by atoms with Gasteiger partial charge in [-0.15, -0.1) is 0 Å². The molecule has 6 nitrogen and oxygen atoms in total. The summed E-state index contributed by atoms with van der Waals surface area (Å²) in [7, 11) is 0. The Hall–Kier alpha value is -3.25. The van der Waals surface area contributed by atoms with E-state index in [1.807, 2.05) is 30.3 Å². The Labute approximate surface area is 161 Å². The lowest BCUT2D eigenvalue weighted by Crippen LogP contribution is -2.21. The molecule has 3 rings (SSSR count). The molecular formula is C20H17ClN4O2. The van der Waals surface area contributed by atoms with Crippen molar-refractivity contribution < 1.29 is 9.59 Å². The van der Waals surface area contributed by atoms with Crippen LogP contribution in [0, 0.1) is 0 Å². The number of hydrogen-bond donors (Lipinski definition) is 2. The maximum absolute atomic E-state index is 12.3. The van der Waals surface area contributed by atoms with Gasteiger partial charge in [-0.2, -0.15) is 5.10 Å². The fourth-order valence-electron chi connectivity index (χ4n) is 2.45. The van der Waals surface area contributed by atoms with Crippen LogP contribution in [0.2, 0.25) is 5.02 Å². The van der Waals surface area contributed by atoms with Crippen molar-refractivity contribution in [3.8, 4) is 0 Å². The van der Waals surface area contributed by atoms with Gasteiger partial charge in [-0.1, -0.05) is 41.9 Å². The highest BCUT2D eigenvalue weighted by atomic mass is 35.5. The van der Waals surface area contributed by atoms with Crippen LogP contribution in [-0.4, -0.2) is 22.5 Å². The van der Waals surface area contributed by atoms with Gasteiger partial charge in [-0.25, -0.2) is 10.4 Å². The average Bonchev–Trinajstić information content (AvgIpc) is 2.67. The van der Waals surface area contributed by atoms with E-state index in [0.29, 0.717) is 22.1 Å². The van der Waals surface area contributed by atoms with Crippen molar-refractivity contribution in [1.29, 1.82) is 0 Å². The van der Waals surface area contributed by atoms with Crippen LogP contribution in [0.5, 0.6) is 0 Å². The normalized spacial score (nSPS) is 11.3. The van der Waals surface area contributed by atoms with Gasteiger partial charge in [0.25, 0.3) is 5.91 Å². The Morgan fingerprint density at radius 1 is 1.07 bits per heavy atom. The molecule has 0 saturated heterocycles. The molecule has 136 valence electrons. The first-order chi connectivity index (χ1) is 13.0. The van der Waals surface area contributed by atoms with Gasteiger partial charge in [0.05, 0.1) is 11.4 Å². The van der Waals surface area contributed by atoms with Gasteiger partial charge in [0, 0.05) is 17.5 Å². The summed E-state index contributed by atoms with van der Waals surface area (Å²) in [4.78, 5) is 28.2. The Kier molecular flexibility index (Phi) is 5.78. The van der Waals surface area contributed by atoms with Crippen molar-refractivity contribution in [3.63, 3.8) is 0 Å². The van der Waals surface area contributed by atoms with Gasteiger partial charge in [0.1, 0.15) is 5.82 Å². The first-order valence-corrected chi connectivity index (χ1v) is 8.63. The number of carbonyl (C=O) groups excluding carboxylic acids is 2. The van der Waals surface area contributed by atoms with Gasteiger partial charge in [-0.3, -0.25) is 9.59 Å². The second kappa shape index (κ2) is 8.42. The van der Waals surface area contributed by atoms with E-state index in [1.165, 1.54) is 6.20 Å². The summed E-state index contributed by atoms with van der Waals surface area (Å²) < 4.78 is 0. The highest BCUT2D eigenvalue weighted by Gasteiger charge is 2.08. The van der Waals surface area contributed by atoms with Crippen molar-refractivity contribution >= 4 is 45.7 Å². The molecule has 0 unspecified atom stereocenters. The minimum absolute atomic E-state index is 0.0301. The third-order valence-electron chi connectivity index (χ3n) is 3.77. The highest BCUT2D eigenvalue weighted by molar-refractivity contribution is 6.30. The second-order valence-electron chi connectivity index (χ2n) is 5.94. The SMILES string of the molecule is CC(CC(=O)Nc1ccc(Cl)cn1)=NNC(=O)c1ccc2ccccc2c1. The molecular weight excluding hydrogens is 364 g/mol. The molecule has 27 heavy (non-hydrogen) atoms. The monoisotopic (exact) mass is 380 g/mol. The van der Waals surface area contributed by atoms with Crippen molar-refractivity contribution in [1.82, 2.24) is 10.4 Å². The first kappa shape index (κ1) is 18.5. The molecule has 0 saturated carbocycles. The molecule has 3 aromatic rings. The van der Waals surface area contributed by atoms with Crippen LogP contribution in [0.4, 0.5) is 5.82 Å². The lowest BCUT2D eigenvalue weighted by Gasteiger charge is -2.05. The summed E-state index contributed by atoms with van der Waals surface area (Å²) in [6.45, 7) is 1.66. The lowest BCUT2D eigenvalue weighted by atomic mass is 10.1. The van der Waals surface area contributed by atoms with E-state index in [4.69, 9.17) is 11.6 Å². The number of nitrogens with one attached hydrogen (secondary N) is 2. The minimum atomic E-state index is -0.333. The summed E-state index contributed by atoms with van der Waals surface area (Å²) >= 11 is 5.75. The molecule has 0 bridgehead atoms. The number of carbonyl (C=O) groups is 2. The molecule has 0 spiro atoms. The van der Waals surface area contributed by atoms with Gasteiger partial charge >= 0.3 is 0 Å². The summed E-state index contributed by atoms with van der Waals surface area (Å²) in [5.74, 6) is -0.219.